The van der Waals surface area contributed by atoms with E-state index in [4.69, 9.17) is 34.4 Å². The molecule has 0 amide bonds. The van der Waals surface area contributed by atoms with Crippen molar-refractivity contribution < 1.29 is 5.11 Å². The highest BCUT2D eigenvalue weighted by Crippen LogP contribution is 2.39. The van der Waals surface area contributed by atoms with Crippen LogP contribution in [0.2, 0.25) is 0 Å². The Morgan fingerprint density at radius 2 is 1.60 bits per heavy atom. The van der Waals surface area contributed by atoms with Gasteiger partial charge in [-0.2, -0.15) is 0 Å². The van der Waals surface area contributed by atoms with Crippen LogP contribution < -0.4 is 34.4 Å². The lowest BCUT2D eigenvalue weighted by molar-refractivity contribution is 0.0903. The molecule has 0 radical (unpaired) electrons. The first kappa shape index (κ1) is 18.3. The minimum absolute atomic E-state index is 0.0749. The Hall–Kier alpha value is -3.08. The second-order valence-corrected chi connectivity index (χ2v) is 5.83. The van der Waals surface area contributed by atoms with E-state index in [0.717, 1.165) is 0 Å². The van der Waals surface area contributed by atoms with Crippen LogP contribution in [0.5, 0.6) is 0 Å². The van der Waals surface area contributed by atoms with Gasteiger partial charge in [0.25, 0.3) is 0 Å². The van der Waals surface area contributed by atoms with E-state index in [9.17, 15) is 5.11 Å². The lowest BCUT2D eigenvalue weighted by Crippen LogP contribution is -2.42. The molecule has 1 aliphatic rings. The van der Waals surface area contributed by atoms with E-state index in [1.807, 2.05) is 0 Å². The zero-order chi connectivity index (χ0) is 18.6. The van der Waals surface area contributed by atoms with Crippen molar-refractivity contribution in [2.24, 2.45) is 49.4 Å². The summed E-state index contributed by atoms with van der Waals surface area (Å²) in [5.74, 6) is -0.580. The molecular weight excluding hydrogens is 324 g/mol. The number of guanidine groups is 3. The molecule has 0 unspecified atom stereocenters. The topological polar surface area (TPSA) is 226 Å². The largest absolute Gasteiger partial charge is 0.391 e. The van der Waals surface area contributed by atoms with Crippen LogP contribution in [0, 0.1) is 0 Å². The van der Waals surface area contributed by atoms with E-state index in [1.165, 1.54) is 0 Å². The van der Waals surface area contributed by atoms with Gasteiger partial charge in [0.1, 0.15) is 0 Å². The summed E-state index contributed by atoms with van der Waals surface area (Å²) in [6.45, 7) is 0. The Labute approximate surface area is 144 Å². The standard InChI is InChI=1S/C14H24N10O/c15-12(16)22-7-2-1-3-21-11(7)6-4-10(25)9(24-14(19)20)5-8(6)23-13(17)18/h1-3,6,8-10,25H,4-5H2,(H4,15,16,22)(H4,17,18,23)(H4,19,20,24)/t6-,8-,9+,10+/m0/s1. The van der Waals surface area contributed by atoms with Crippen molar-refractivity contribution in [2.75, 3.05) is 0 Å². The number of aliphatic imine (C=N–C) groups is 3. The first-order valence-electron chi connectivity index (χ1n) is 7.68. The molecular formula is C14H24N10O. The van der Waals surface area contributed by atoms with Crippen LogP contribution in [-0.2, 0) is 0 Å². The summed E-state index contributed by atoms with van der Waals surface area (Å²) in [4.78, 5) is 16.8. The molecule has 11 heteroatoms. The molecule has 1 saturated carbocycles. The summed E-state index contributed by atoms with van der Waals surface area (Å²) in [6, 6.07) is 2.54. The van der Waals surface area contributed by atoms with Crippen LogP contribution in [0.15, 0.2) is 33.3 Å². The monoisotopic (exact) mass is 348 g/mol. The summed E-state index contributed by atoms with van der Waals surface area (Å²) < 4.78 is 0. The third-order valence-corrected chi connectivity index (χ3v) is 3.93. The molecule has 136 valence electrons. The van der Waals surface area contributed by atoms with E-state index in [2.05, 4.69) is 20.0 Å². The highest BCUT2D eigenvalue weighted by Gasteiger charge is 2.39. The molecule has 25 heavy (non-hydrogen) atoms. The molecule has 13 N–H and O–H groups in total. The number of pyridine rings is 1. The van der Waals surface area contributed by atoms with Crippen molar-refractivity contribution in [1.29, 1.82) is 0 Å². The third-order valence-electron chi connectivity index (χ3n) is 3.93. The van der Waals surface area contributed by atoms with Gasteiger partial charge in [-0.05, 0) is 25.0 Å². The number of hydrogen-bond acceptors (Lipinski definition) is 5. The Bertz CT molecular complexity index is 689. The fraction of sp³-hybridized carbons (Fsp3) is 0.429. The maximum absolute atomic E-state index is 10.4. The maximum atomic E-state index is 10.4. The number of nitrogens with two attached hydrogens (primary N) is 6. The van der Waals surface area contributed by atoms with Crippen molar-refractivity contribution >= 4 is 23.6 Å². The number of aromatic nitrogens is 1. The SMILES string of the molecule is NC(N)=Nc1cccnc1[C@H]1C[C@@H](O)[C@H](N=C(N)N)C[C@@H]1N=C(N)N. The first-order valence-corrected chi connectivity index (χ1v) is 7.68. The average Bonchev–Trinajstić information content (AvgIpc) is 2.49. The predicted molar refractivity (Wildman–Crippen MR) is 96.9 cm³/mol. The van der Waals surface area contributed by atoms with Gasteiger partial charge in [-0.15, -0.1) is 0 Å². The quantitative estimate of drug-likeness (QED) is 0.227. The molecule has 2 rings (SSSR count). The predicted octanol–water partition coefficient (Wildman–Crippen LogP) is -2.49. The van der Waals surface area contributed by atoms with Gasteiger partial charge in [0.2, 0.25) is 0 Å². The smallest absolute Gasteiger partial charge is 0.191 e. The number of rotatable bonds is 4. The van der Waals surface area contributed by atoms with Crippen LogP contribution >= 0.6 is 0 Å². The fourth-order valence-electron chi connectivity index (χ4n) is 3.03. The minimum atomic E-state index is -0.786. The molecule has 0 spiro atoms. The average molecular weight is 348 g/mol. The molecule has 0 aliphatic heterocycles. The van der Waals surface area contributed by atoms with E-state index < -0.39 is 12.1 Å². The van der Waals surface area contributed by atoms with Crippen LogP contribution in [0.25, 0.3) is 0 Å². The third kappa shape index (κ3) is 4.70. The number of hydrogen-bond donors (Lipinski definition) is 7. The van der Waals surface area contributed by atoms with Gasteiger partial charge in [-0.1, -0.05) is 0 Å². The maximum Gasteiger partial charge on any atom is 0.191 e. The van der Waals surface area contributed by atoms with Crippen LogP contribution in [0.1, 0.15) is 24.5 Å². The number of nitrogens with zero attached hydrogens (tertiary/aromatic N) is 4. The van der Waals surface area contributed by atoms with E-state index in [0.29, 0.717) is 24.2 Å². The number of aliphatic hydroxyl groups is 1. The Morgan fingerprint density at radius 1 is 0.960 bits per heavy atom. The normalized spacial score (nSPS) is 25.6. The van der Waals surface area contributed by atoms with Crippen molar-refractivity contribution in [3.63, 3.8) is 0 Å². The summed E-state index contributed by atoms with van der Waals surface area (Å²) in [7, 11) is 0. The molecule has 0 saturated heterocycles. The van der Waals surface area contributed by atoms with Gasteiger partial charge in [-0.3, -0.25) is 4.98 Å². The molecule has 4 atom stereocenters. The first-order chi connectivity index (χ1) is 11.8. The lowest BCUT2D eigenvalue weighted by atomic mass is 9.78. The summed E-state index contributed by atoms with van der Waals surface area (Å²) in [6.07, 6.45) is 1.47. The second kappa shape index (κ2) is 7.66. The highest BCUT2D eigenvalue weighted by molar-refractivity contribution is 5.79. The number of aliphatic hydroxyl groups excluding tert-OH is 1. The van der Waals surface area contributed by atoms with Crippen LogP contribution in [-0.4, -0.2) is 46.2 Å². The molecule has 11 nitrogen and oxygen atoms in total. The zero-order valence-corrected chi connectivity index (χ0v) is 13.7. The minimum Gasteiger partial charge on any atom is -0.391 e. The zero-order valence-electron chi connectivity index (χ0n) is 13.7. The Morgan fingerprint density at radius 3 is 2.20 bits per heavy atom. The van der Waals surface area contributed by atoms with E-state index in [1.54, 1.807) is 18.3 Å². The van der Waals surface area contributed by atoms with Crippen molar-refractivity contribution in [1.82, 2.24) is 4.98 Å². The molecule has 1 aromatic rings. The van der Waals surface area contributed by atoms with Gasteiger partial charge >= 0.3 is 0 Å². The van der Waals surface area contributed by atoms with Gasteiger partial charge < -0.3 is 39.5 Å². The molecule has 0 aromatic carbocycles. The molecule has 1 heterocycles. The van der Waals surface area contributed by atoms with E-state index >= 15 is 0 Å². The molecule has 1 aromatic heterocycles. The van der Waals surface area contributed by atoms with Gasteiger partial charge in [0.15, 0.2) is 17.9 Å². The second-order valence-electron chi connectivity index (χ2n) is 5.83. The molecule has 1 fully saturated rings. The van der Waals surface area contributed by atoms with Crippen LogP contribution in [0.4, 0.5) is 5.69 Å². The molecule has 0 bridgehead atoms. The Balaban J connectivity index is 2.44. The lowest BCUT2D eigenvalue weighted by Gasteiger charge is -2.35. The van der Waals surface area contributed by atoms with Crippen molar-refractivity contribution in [3.8, 4) is 0 Å². The fourth-order valence-corrected chi connectivity index (χ4v) is 3.03. The van der Waals surface area contributed by atoms with Gasteiger partial charge in [0.05, 0.1) is 29.6 Å². The van der Waals surface area contributed by atoms with E-state index in [-0.39, 0.29) is 29.8 Å². The van der Waals surface area contributed by atoms with Gasteiger partial charge in [-0.25, -0.2) is 15.0 Å². The molecule has 1 aliphatic carbocycles. The summed E-state index contributed by atoms with van der Waals surface area (Å²) >= 11 is 0. The van der Waals surface area contributed by atoms with Crippen molar-refractivity contribution in [2.45, 2.75) is 36.9 Å². The summed E-state index contributed by atoms with van der Waals surface area (Å²) in [5, 5.41) is 10.4. The van der Waals surface area contributed by atoms with Gasteiger partial charge in [0, 0.05) is 12.1 Å². The van der Waals surface area contributed by atoms with Crippen LogP contribution in [0.3, 0.4) is 0 Å². The van der Waals surface area contributed by atoms with Crippen molar-refractivity contribution in [3.05, 3.63) is 24.0 Å². The Kier molecular flexibility index (Phi) is 5.60. The summed E-state index contributed by atoms with van der Waals surface area (Å²) in [5.41, 5.74) is 34.0. The highest BCUT2D eigenvalue weighted by atomic mass is 16.3.